The number of nitro groups is 1. The minimum Gasteiger partial charge on any atom is -0.360 e. The first-order valence-corrected chi connectivity index (χ1v) is 9.51. The molecule has 0 saturated heterocycles. The number of hydrogen-bond acceptors (Lipinski definition) is 7. The number of halogens is 2. The molecule has 0 aliphatic carbocycles. The average molecular weight is 478 g/mol. The minimum atomic E-state index is -1.05. The van der Waals surface area contributed by atoms with Crippen molar-refractivity contribution in [3.63, 3.8) is 0 Å². The summed E-state index contributed by atoms with van der Waals surface area (Å²) in [5.41, 5.74) is 4.26. The summed E-state index contributed by atoms with van der Waals surface area (Å²) in [4.78, 5) is 46.7. The summed E-state index contributed by atoms with van der Waals surface area (Å²) in [5, 5.41) is 16.9. The van der Waals surface area contributed by atoms with Crippen LogP contribution in [0.25, 0.3) is 11.3 Å². The molecule has 1 heterocycles. The summed E-state index contributed by atoms with van der Waals surface area (Å²) in [6, 6.07) is 8.28. The molecule has 13 heteroatoms. The molecule has 0 atom stereocenters. The number of hydrogen-bond donors (Lipinski definition) is 3. The summed E-state index contributed by atoms with van der Waals surface area (Å²) < 4.78 is 5.08. The quantitative estimate of drug-likeness (QED) is 0.382. The van der Waals surface area contributed by atoms with E-state index < -0.39 is 22.8 Å². The van der Waals surface area contributed by atoms with Crippen LogP contribution < -0.4 is 16.2 Å². The second-order valence-corrected chi connectivity index (χ2v) is 7.04. The Morgan fingerprint density at radius 3 is 2.22 bits per heavy atom. The zero-order valence-corrected chi connectivity index (χ0v) is 17.7. The second-order valence-electron chi connectivity index (χ2n) is 6.23. The number of nitrogens with zero attached hydrogens (tertiary/aromatic N) is 2. The lowest BCUT2D eigenvalue weighted by molar-refractivity contribution is -0.384. The molecule has 0 unspecified atom stereocenters. The Morgan fingerprint density at radius 1 is 1.00 bits per heavy atom. The van der Waals surface area contributed by atoms with E-state index >= 15 is 0 Å². The largest absolute Gasteiger partial charge is 0.360 e. The standard InChI is InChI=1S/C19H13Cl2N5O6/c1-9-14(16(25-32-9)15-12(20)3-2-4-13(15)21)18(28)23-24-19(29)22-17(27)10-5-7-11(8-6-10)26(30)31/h2-8H,1H3,(H,23,28)(H2,22,24,27,29). The molecule has 2 aromatic carbocycles. The van der Waals surface area contributed by atoms with Gasteiger partial charge in [-0.25, -0.2) is 10.2 Å². The van der Waals surface area contributed by atoms with Crippen LogP contribution >= 0.6 is 23.2 Å². The molecule has 1 aromatic heterocycles. The van der Waals surface area contributed by atoms with Crippen molar-refractivity contribution < 1.29 is 23.8 Å². The highest BCUT2D eigenvalue weighted by Crippen LogP contribution is 2.36. The SMILES string of the molecule is Cc1onc(-c2c(Cl)cccc2Cl)c1C(=O)NNC(=O)NC(=O)c1ccc([N+](=O)[O-])cc1. The fourth-order valence-corrected chi connectivity index (χ4v) is 3.23. The van der Waals surface area contributed by atoms with Gasteiger partial charge < -0.3 is 4.52 Å². The third-order valence-corrected chi connectivity index (χ3v) is 4.78. The Labute approximate surface area is 189 Å². The van der Waals surface area contributed by atoms with E-state index in [9.17, 15) is 24.5 Å². The van der Waals surface area contributed by atoms with E-state index in [0.717, 1.165) is 12.1 Å². The van der Waals surface area contributed by atoms with E-state index in [1.165, 1.54) is 19.1 Å². The number of nitro benzene ring substituents is 1. The molecule has 0 aliphatic rings. The van der Waals surface area contributed by atoms with E-state index in [0.29, 0.717) is 0 Å². The number of amides is 4. The maximum absolute atomic E-state index is 12.6. The highest BCUT2D eigenvalue weighted by atomic mass is 35.5. The van der Waals surface area contributed by atoms with E-state index in [2.05, 4.69) is 10.6 Å². The molecule has 3 aromatic rings. The number of aryl methyl sites for hydroxylation is 1. The molecule has 0 fully saturated rings. The molecule has 11 nitrogen and oxygen atoms in total. The summed E-state index contributed by atoms with van der Waals surface area (Å²) in [6.45, 7) is 1.48. The fourth-order valence-electron chi connectivity index (χ4n) is 2.65. The molecule has 0 bridgehead atoms. The van der Waals surface area contributed by atoms with Gasteiger partial charge >= 0.3 is 6.03 Å². The number of aromatic nitrogens is 1. The summed E-state index contributed by atoms with van der Waals surface area (Å²) >= 11 is 12.3. The number of benzene rings is 2. The Balaban J connectivity index is 1.67. The molecule has 0 spiro atoms. The first kappa shape index (κ1) is 22.7. The number of urea groups is 1. The van der Waals surface area contributed by atoms with Gasteiger partial charge in [-0.2, -0.15) is 0 Å². The molecule has 0 aliphatic heterocycles. The number of imide groups is 1. The molecule has 3 N–H and O–H groups in total. The molecule has 164 valence electrons. The van der Waals surface area contributed by atoms with Crippen LogP contribution in [-0.4, -0.2) is 27.9 Å². The van der Waals surface area contributed by atoms with Crippen molar-refractivity contribution in [1.82, 2.24) is 21.3 Å². The second kappa shape index (κ2) is 9.45. The van der Waals surface area contributed by atoms with E-state index in [-0.39, 0.29) is 43.9 Å². The number of rotatable bonds is 4. The molecule has 0 saturated carbocycles. The van der Waals surface area contributed by atoms with Gasteiger partial charge in [0.2, 0.25) is 0 Å². The van der Waals surface area contributed by atoms with Crippen molar-refractivity contribution in [2.75, 3.05) is 0 Å². The number of non-ortho nitro benzene ring substituents is 1. The number of carbonyl (C=O) groups excluding carboxylic acids is 3. The third kappa shape index (κ3) is 4.85. The minimum absolute atomic E-state index is 0.00241. The van der Waals surface area contributed by atoms with Crippen LogP contribution in [0.2, 0.25) is 10.0 Å². The van der Waals surface area contributed by atoms with Crippen molar-refractivity contribution in [1.29, 1.82) is 0 Å². The van der Waals surface area contributed by atoms with Crippen molar-refractivity contribution in [2.45, 2.75) is 6.92 Å². The van der Waals surface area contributed by atoms with Crippen LogP contribution in [0, 0.1) is 17.0 Å². The monoisotopic (exact) mass is 477 g/mol. The lowest BCUT2D eigenvalue weighted by Crippen LogP contribution is -2.48. The Hall–Kier alpha value is -3.96. The lowest BCUT2D eigenvalue weighted by atomic mass is 10.1. The van der Waals surface area contributed by atoms with Gasteiger partial charge in [0.1, 0.15) is 17.0 Å². The predicted molar refractivity (Wildman–Crippen MR) is 113 cm³/mol. The maximum atomic E-state index is 12.6. The van der Waals surface area contributed by atoms with Crippen molar-refractivity contribution in [3.8, 4) is 11.3 Å². The number of carbonyl (C=O) groups is 3. The first-order chi connectivity index (χ1) is 15.2. The predicted octanol–water partition coefficient (Wildman–Crippen LogP) is 3.65. The van der Waals surface area contributed by atoms with Crippen LogP contribution in [0.15, 0.2) is 47.0 Å². The van der Waals surface area contributed by atoms with Gasteiger partial charge in [0.25, 0.3) is 17.5 Å². The van der Waals surface area contributed by atoms with Crippen LogP contribution in [-0.2, 0) is 0 Å². The van der Waals surface area contributed by atoms with E-state index in [1.54, 1.807) is 18.2 Å². The smallest absolute Gasteiger partial charge is 0.340 e. The van der Waals surface area contributed by atoms with Gasteiger partial charge in [0.15, 0.2) is 0 Å². The summed E-state index contributed by atoms with van der Waals surface area (Å²) in [6.07, 6.45) is 0. The number of nitrogens with one attached hydrogen (secondary N) is 3. The van der Waals surface area contributed by atoms with Gasteiger partial charge in [0.05, 0.1) is 15.0 Å². The maximum Gasteiger partial charge on any atom is 0.340 e. The highest BCUT2D eigenvalue weighted by molar-refractivity contribution is 6.39. The van der Waals surface area contributed by atoms with E-state index in [1.807, 2.05) is 10.7 Å². The van der Waals surface area contributed by atoms with Crippen molar-refractivity contribution in [3.05, 3.63) is 79.5 Å². The molecule has 4 amide bonds. The van der Waals surface area contributed by atoms with Gasteiger partial charge in [-0.3, -0.25) is 30.4 Å². The summed E-state index contributed by atoms with van der Waals surface area (Å²) in [7, 11) is 0. The normalized spacial score (nSPS) is 10.3. The zero-order chi connectivity index (χ0) is 23.4. The van der Waals surface area contributed by atoms with Gasteiger partial charge in [-0.05, 0) is 31.2 Å². The van der Waals surface area contributed by atoms with Crippen LogP contribution in [0.5, 0.6) is 0 Å². The zero-order valence-electron chi connectivity index (χ0n) is 16.1. The van der Waals surface area contributed by atoms with Crippen molar-refractivity contribution >= 4 is 46.7 Å². The van der Waals surface area contributed by atoms with Gasteiger partial charge in [-0.1, -0.05) is 34.4 Å². The fraction of sp³-hybridized carbons (Fsp3) is 0.0526. The molecule has 3 rings (SSSR count). The van der Waals surface area contributed by atoms with E-state index in [4.69, 9.17) is 27.7 Å². The Kier molecular flexibility index (Phi) is 6.71. The van der Waals surface area contributed by atoms with Crippen LogP contribution in [0.4, 0.5) is 10.5 Å². The average Bonchev–Trinajstić information content (AvgIpc) is 3.13. The molecular formula is C19H13Cl2N5O6. The third-order valence-electron chi connectivity index (χ3n) is 4.15. The molecule has 32 heavy (non-hydrogen) atoms. The topological polar surface area (TPSA) is 156 Å². The Bertz CT molecular complexity index is 1210. The first-order valence-electron chi connectivity index (χ1n) is 8.75. The van der Waals surface area contributed by atoms with Gasteiger partial charge in [-0.15, -0.1) is 0 Å². The lowest BCUT2D eigenvalue weighted by Gasteiger charge is -2.09. The van der Waals surface area contributed by atoms with Crippen LogP contribution in [0.3, 0.4) is 0 Å². The van der Waals surface area contributed by atoms with Crippen LogP contribution in [0.1, 0.15) is 26.5 Å². The van der Waals surface area contributed by atoms with Crippen molar-refractivity contribution in [2.24, 2.45) is 0 Å². The summed E-state index contributed by atoms with van der Waals surface area (Å²) in [5.74, 6) is -1.50. The number of hydrazine groups is 1. The molecule has 0 radical (unpaired) electrons. The van der Waals surface area contributed by atoms with Gasteiger partial charge in [0, 0.05) is 23.3 Å². The highest BCUT2D eigenvalue weighted by Gasteiger charge is 2.25. The molecular weight excluding hydrogens is 465 g/mol. The Morgan fingerprint density at radius 2 is 1.62 bits per heavy atom.